The van der Waals surface area contributed by atoms with Crippen molar-refractivity contribution in [2.45, 2.75) is 38.6 Å². The zero-order chi connectivity index (χ0) is 19.7. The first-order valence-electron chi connectivity index (χ1n) is 8.56. The maximum Gasteiger partial charge on any atom is 0.244 e. The van der Waals surface area contributed by atoms with E-state index >= 15 is 0 Å². The Bertz CT molecular complexity index is 736. The lowest BCUT2D eigenvalue weighted by Gasteiger charge is -2.18. The van der Waals surface area contributed by atoms with Crippen molar-refractivity contribution in [2.24, 2.45) is 0 Å². The highest BCUT2D eigenvalue weighted by molar-refractivity contribution is 7.89. The largest absolute Gasteiger partial charge is 0.352 e. The lowest BCUT2D eigenvalue weighted by Crippen LogP contribution is -2.39. The minimum Gasteiger partial charge on any atom is -0.352 e. The van der Waals surface area contributed by atoms with Crippen LogP contribution < -0.4 is 10.6 Å². The summed E-state index contributed by atoms with van der Waals surface area (Å²) in [6, 6.07) is 6.31. The van der Waals surface area contributed by atoms with Crippen LogP contribution in [-0.4, -0.2) is 50.2 Å². The molecule has 0 aromatic heterocycles. The van der Waals surface area contributed by atoms with Crippen LogP contribution >= 0.6 is 0 Å². The monoisotopic (exact) mass is 381 g/mol. The van der Waals surface area contributed by atoms with Crippen LogP contribution in [0.25, 0.3) is 6.08 Å². The van der Waals surface area contributed by atoms with Gasteiger partial charge in [-0.3, -0.25) is 9.59 Å². The molecule has 0 aliphatic heterocycles. The Morgan fingerprint density at radius 2 is 1.69 bits per heavy atom. The molecule has 1 rings (SSSR count). The normalized spacial score (nSPS) is 11.9. The molecule has 0 saturated heterocycles. The topological polar surface area (TPSA) is 95.6 Å². The highest BCUT2D eigenvalue weighted by Crippen LogP contribution is 2.16. The van der Waals surface area contributed by atoms with E-state index in [4.69, 9.17) is 0 Å². The number of carbonyl (C=O) groups is 2. The van der Waals surface area contributed by atoms with Gasteiger partial charge in [-0.15, -0.1) is 0 Å². The van der Waals surface area contributed by atoms with Crippen LogP contribution in [0.3, 0.4) is 0 Å². The first-order valence-corrected chi connectivity index (χ1v) is 10.00. The Kier molecular flexibility index (Phi) is 8.47. The fourth-order valence-electron chi connectivity index (χ4n) is 2.23. The molecular formula is C18H27N3O4S. The number of nitrogens with zero attached hydrogens (tertiary/aromatic N) is 1. The predicted octanol–water partition coefficient (Wildman–Crippen LogP) is 1.37. The van der Waals surface area contributed by atoms with Gasteiger partial charge in [-0.2, -0.15) is 4.31 Å². The minimum absolute atomic E-state index is 0.0149. The lowest BCUT2D eigenvalue weighted by atomic mass is 10.2. The fourth-order valence-corrected chi connectivity index (χ4v) is 3.69. The SMILES string of the molecule is CCN(CC)S(=O)(=O)c1ccc(/C=C/C(=O)NCC(=O)NC(C)C)cc1. The second-order valence-electron chi connectivity index (χ2n) is 5.93. The van der Waals surface area contributed by atoms with Gasteiger partial charge >= 0.3 is 0 Å². The summed E-state index contributed by atoms with van der Waals surface area (Å²) in [5.74, 6) is -0.656. The molecular weight excluding hydrogens is 354 g/mol. The van der Waals surface area contributed by atoms with E-state index in [9.17, 15) is 18.0 Å². The van der Waals surface area contributed by atoms with Gasteiger partial charge in [0.05, 0.1) is 11.4 Å². The summed E-state index contributed by atoms with van der Waals surface area (Å²) in [5, 5.41) is 5.16. The Hall–Kier alpha value is -2.19. The van der Waals surface area contributed by atoms with Crippen molar-refractivity contribution in [3.05, 3.63) is 35.9 Å². The van der Waals surface area contributed by atoms with Crippen LogP contribution in [0.2, 0.25) is 0 Å². The molecule has 1 aromatic carbocycles. The van der Waals surface area contributed by atoms with Crippen molar-refractivity contribution in [1.29, 1.82) is 0 Å². The average Bonchev–Trinajstić information content (AvgIpc) is 2.58. The van der Waals surface area contributed by atoms with Gasteiger partial charge in [0.2, 0.25) is 21.8 Å². The van der Waals surface area contributed by atoms with E-state index < -0.39 is 15.9 Å². The summed E-state index contributed by atoms with van der Waals surface area (Å²) in [4.78, 5) is 23.4. The predicted molar refractivity (Wildman–Crippen MR) is 102 cm³/mol. The van der Waals surface area contributed by atoms with Gasteiger partial charge < -0.3 is 10.6 Å². The molecule has 0 atom stereocenters. The molecule has 8 heteroatoms. The summed E-state index contributed by atoms with van der Waals surface area (Å²) >= 11 is 0. The first-order chi connectivity index (χ1) is 12.2. The van der Waals surface area contributed by atoms with Crippen LogP contribution in [0, 0.1) is 0 Å². The minimum atomic E-state index is -3.49. The molecule has 0 aliphatic rings. The first kappa shape index (κ1) is 21.9. The number of hydrogen-bond acceptors (Lipinski definition) is 4. The third kappa shape index (κ3) is 6.61. The van der Waals surface area contributed by atoms with E-state index in [1.54, 1.807) is 32.1 Å². The standard InChI is InChI=1S/C18H27N3O4S/c1-5-21(6-2)26(24,25)16-10-7-15(8-11-16)9-12-17(22)19-13-18(23)20-14(3)4/h7-12,14H,5-6,13H2,1-4H3,(H,19,22)(H,20,23)/b12-9+. The van der Waals surface area contributed by atoms with Crippen molar-refractivity contribution in [3.8, 4) is 0 Å². The van der Waals surface area contributed by atoms with Gasteiger partial charge in [-0.25, -0.2) is 8.42 Å². The summed E-state index contributed by atoms with van der Waals surface area (Å²) < 4.78 is 26.2. The van der Waals surface area contributed by atoms with Crippen molar-refractivity contribution >= 4 is 27.9 Å². The lowest BCUT2D eigenvalue weighted by molar-refractivity contribution is -0.124. The molecule has 144 valence electrons. The van der Waals surface area contributed by atoms with E-state index in [1.165, 1.54) is 22.5 Å². The molecule has 0 saturated carbocycles. The maximum atomic E-state index is 12.4. The molecule has 0 aliphatic carbocycles. The number of amides is 2. The summed E-state index contributed by atoms with van der Waals surface area (Å²) in [6.45, 7) is 7.97. The molecule has 0 bridgehead atoms. The Morgan fingerprint density at radius 3 is 2.19 bits per heavy atom. The summed E-state index contributed by atoms with van der Waals surface area (Å²) in [7, 11) is -3.49. The van der Waals surface area contributed by atoms with E-state index in [-0.39, 0.29) is 23.4 Å². The molecule has 0 fully saturated rings. The summed E-state index contributed by atoms with van der Waals surface area (Å²) in [5.41, 5.74) is 0.685. The zero-order valence-electron chi connectivity index (χ0n) is 15.7. The van der Waals surface area contributed by atoms with Crippen LogP contribution in [0.15, 0.2) is 35.2 Å². The Morgan fingerprint density at radius 1 is 1.12 bits per heavy atom. The van der Waals surface area contributed by atoms with Crippen molar-refractivity contribution < 1.29 is 18.0 Å². The van der Waals surface area contributed by atoms with E-state index in [0.29, 0.717) is 18.7 Å². The molecule has 0 radical (unpaired) electrons. The molecule has 2 N–H and O–H groups in total. The van der Waals surface area contributed by atoms with Crippen molar-refractivity contribution in [2.75, 3.05) is 19.6 Å². The molecule has 7 nitrogen and oxygen atoms in total. The second-order valence-corrected chi connectivity index (χ2v) is 7.87. The fraction of sp³-hybridized carbons (Fsp3) is 0.444. The zero-order valence-corrected chi connectivity index (χ0v) is 16.5. The number of carbonyl (C=O) groups excluding carboxylic acids is 2. The molecule has 0 unspecified atom stereocenters. The van der Waals surface area contributed by atoms with Crippen molar-refractivity contribution in [1.82, 2.24) is 14.9 Å². The molecule has 0 heterocycles. The molecule has 26 heavy (non-hydrogen) atoms. The van der Waals surface area contributed by atoms with Crippen LogP contribution in [-0.2, 0) is 19.6 Å². The highest BCUT2D eigenvalue weighted by Gasteiger charge is 2.20. The van der Waals surface area contributed by atoms with Crippen LogP contribution in [0.4, 0.5) is 0 Å². The second kappa shape index (κ2) is 10.1. The number of nitrogens with one attached hydrogen (secondary N) is 2. The number of benzene rings is 1. The average molecular weight is 381 g/mol. The van der Waals surface area contributed by atoms with Crippen LogP contribution in [0.5, 0.6) is 0 Å². The number of rotatable bonds is 9. The van der Waals surface area contributed by atoms with Gasteiger partial charge in [0.25, 0.3) is 0 Å². The Labute approximate surface area is 155 Å². The summed E-state index contributed by atoms with van der Waals surface area (Å²) in [6.07, 6.45) is 2.86. The quantitative estimate of drug-likeness (QED) is 0.632. The van der Waals surface area contributed by atoms with Crippen LogP contribution in [0.1, 0.15) is 33.3 Å². The molecule has 0 spiro atoms. The molecule has 1 aromatic rings. The van der Waals surface area contributed by atoms with E-state index in [1.807, 2.05) is 13.8 Å². The molecule has 2 amide bonds. The van der Waals surface area contributed by atoms with E-state index in [0.717, 1.165) is 0 Å². The number of sulfonamides is 1. The van der Waals surface area contributed by atoms with E-state index in [2.05, 4.69) is 10.6 Å². The third-order valence-corrected chi connectivity index (χ3v) is 5.59. The van der Waals surface area contributed by atoms with Crippen molar-refractivity contribution in [3.63, 3.8) is 0 Å². The highest BCUT2D eigenvalue weighted by atomic mass is 32.2. The smallest absolute Gasteiger partial charge is 0.244 e. The van der Waals surface area contributed by atoms with Gasteiger partial charge in [0.1, 0.15) is 0 Å². The van der Waals surface area contributed by atoms with Gasteiger partial charge in [-0.1, -0.05) is 26.0 Å². The third-order valence-electron chi connectivity index (χ3n) is 3.52. The number of hydrogen-bond donors (Lipinski definition) is 2. The maximum absolute atomic E-state index is 12.4. The Balaban J connectivity index is 2.68. The van der Waals surface area contributed by atoms with Gasteiger partial charge in [0, 0.05) is 25.2 Å². The van der Waals surface area contributed by atoms with Gasteiger partial charge in [0.15, 0.2) is 0 Å². The van der Waals surface area contributed by atoms with Gasteiger partial charge in [-0.05, 0) is 37.6 Å².